The number of rotatable bonds is 22. The molecule has 2 aromatic rings. The lowest BCUT2D eigenvalue weighted by molar-refractivity contribution is -0.164. The number of aliphatic carboxylic acids is 1. The highest BCUT2D eigenvalue weighted by molar-refractivity contribution is 6.38. The van der Waals surface area contributed by atoms with Gasteiger partial charge in [-0.1, -0.05) is 45.4 Å². The molecule has 3 rings (SSSR count). The van der Waals surface area contributed by atoms with E-state index in [9.17, 15) is 28.8 Å². The molecule has 0 unspecified atom stereocenters. The highest BCUT2D eigenvalue weighted by atomic mass is 16.5. The number of carboxylic acid groups (broad SMARTS) is 1. The number of unbranched alkanes of at least 4 members (excludes halogenated alkanes) is 2. The second kappa shape index (κ2) is 21.7. The number of amides is 3. The summed E-state index contributed by atoms with van der Waals surface area (Å²) in [5.74, 6) is -2.01. The van der Waals surface area contributed by atoms with Crippen molar-refractivity contribution in [3.8, 4) is 17.2 Å². The number of carboxylic acids is 1. The summed E-state index contributed by atoms with van der Waals surface area (Å²) in [6, 6.07) is 10.7. The zero-order valence-electron chi connectivity index (χ0n) is 32.9. The van der Waals surface area contributed by atoms with Gasteiger partial charge in [0.2, 0.25) is 11.7 Å². The number of aryl methyl sites for hydroxylation is 1. The van der Waals surface area contributed by atoms with E-state index in [0.717, 1.165) is 5.56 Å². The molecule has 0 radical (unpaired) electrons. The van der Waals surface area contributed by atoms with Crippen molar-refractivity contribution < 1.29 is 52.8 Å². The zero-order chi connectivity index (χ0) is 40.5. The van der Waals surface area contributed by atoms with E-state index >= 15 is 0 Å². The number of Topliss-reactive ketones (excluding diaryl/α,β-unsaturated/α-hetero) is 1. The highest BCUT2D eigenvalue weighted by Crippen LogP contribution is 2.32. The molecular weight excluding hydrogens is 710 g/mol. The monoisotopic (exact) mass is 767 g/mol. The van der Waals surface area contributed by atoms with Crippen molar-refractivity contribution in [2.24, 2.45) is 5.41 Å². The van der Waals surface area contributed by atoms with Crippen LogP contribution in [0.1, 0.15) is 103 Å². The summed E-state index contributed by atoms with van der Waals surface area (Å²) in [5.41, 5.74) is 0.693. The van der Waals surface area contributed by atoms with Crippen molar-refractivity contribution in [3.05, 3.63) is 53.6 Å². The minimum atomic E-state index is -1.10. The maximum atomic E-state index is 13.9. The van der Waals surface area contributed by atoms with Crippen LogP contribution in [0.15, 0.2) is 42.5 Å². The molecule has 1 fully saturated rings. The predicted molar refractivity (Wildman–Crippen MR) is 204 cm³/mol. The van der Waals surface area contributed by atoms with Gasteiger partial charge in [-0.05, 0) is 93.7 Å². The molecule has 0 aromatic heterocycles. The minimum absolute atomic E-state index is 0.198. The van der Waals surface area contributed by atoms with Gasteiger partial charge in [-0.15, -0.1) is 0 Å². The number of ketones is 1. The van der Waals surface area contributed by atoms with Crippen LogP contribution < -0.4 is 24.8 Å². The maximum Gasteiger partial charge on any atom is 0.329 e. The molecule has 2 aromatic carbocycles. The number of hydrogen-bond donors (Lipinski definition) is 3. The molecule has 302 valence electrons. The Balaban J connectivity index is 1.68. The molecule has 1 heterocycles. The number of nitrogens with one attached hydrogen (secondary N) is 2. The Morgan fingerprint density at radius 2 is 1.69 bits per heavy atom. The number of esters is 1. The molecule has 1 saturated heterocycles. The summed E-state index contributed by atoms with van der Waals surface area (Å²) >= 11 is 0. The van der Waals surface area contributed by atoms with E-state index < -0.39 is 47.2 Å². The number of ether oxygens (including phenoxy) is 4. The van der Waals surface area contributed by atoms with Crippen LogP contribution in [-0.2, 0) is 39.9 Å². The molecule has 3 amide bonds. The Bertz CT molecular complexity index is 1640. The first-order valence-corrected chi connectivity index (χ1v) is 19.0. The number of carbonyl (C=O) groups excluding carboxylic acids is 5. The highest BCUT2D eigenvalue weighted by Gasteiger charge is 2.41. The number of piperidine rings is 1. The topological polar surface area (TPSA) is 187 Å². The van der Waals surface area contributed by atoms with Crippen molar-refractivity contribution in [2.75, 3.05) is 33.9 Å². The van der Waals surface area contributed by atoms with E-state index in [1.165, 1.54) is 11.8 Å². The molecule has 0 saturated carbocycles. The molecular formula is C41H57N3O11. The second-order valence-corrected chi connectivity index (χ2v) is 14.4. The molecule has 3 N–H and O–H groups in total. The van der Waals surface area contributed by atoms with Crippen LogP contribution >= 0.6 is 0 Å². The second-order valence-electron chi connectivity index (χ2n) is 14.4. The summed E-state index contributed by atoms with van der Waals surface area (Å²) in [6.07, 6.45) is 4.41. The van der Waals surface area contributed by atoms with Crippen molar-refractivity contribution in [3.63, 3.8) is 0 Å². The van der Waals surface area contributed by atoms with Crippen LogP contribution in [0.3, 0.4) is 0 Å². The fraction of sp³-hybridized carbons (Fsp3) is 0.561. The zero-order valence-corrected chi connectivity index (χ0v) is 32.9. The van der Waals surface area contributed by atoms with E-state index in [0.29, 0.717) is 87.1 Å². The fourth-order valence-corrected chi connectivity index (χ4v) is 6.04. The Morgan fingerprint density at radius 3 is 2.38 bits per heavy atom. The first-order chi connectivity index (χ1) is 26.2. The molecule has 1 aliphatic heterocycles. The van der Waals surface area contributed by atoms with E-state index in [1.807, 2.05) is 19.1 Å². The third-order valence-corrected chi connectivity index (χ3v) is 9.88. The van der Waals surface area contributed by atoms with Gasteiger partial charge in [-0.2, -0.15) is 0 Å². The van der Waals surface area contributed by atoms with Gasteiger partial charge in [0.15, 0.2) is 18.1 Å². The van der Waals surface area contributed by atoms with E-state index in [4.69, 9.17) is 24.1 Å². The largest absolute Gasteiger partial charge is 0.493 e. The van der Waals surface area contributed by atoms with Gasteiger partial charge in [0.25, 0.3) is 11.8 Å². The molecule has 14 heteroatoms. The Morgan fingerprint density at radius 1 is 0.945 bits per heavy atom. The Labute approximate surface area is 323 Å². The summed E-state index contributed by atoms with van der Waals surface area (Å²) in [7, 11) is 3.11. The summed E-state index contributed by atoms with van der Waals surface area (Å²) in [4.78, 5) is 77.1. The van der Waals surface area contributed by atoms with Crippen LogP contribution in [0.4, 0.5) is 0 Å². The first-order valence-electron chi connectivity index (χ1n) is 19.0. The average Bonchev–Trinajstić information content (AvgIpc) is 3.19. The van der Waals surface area contributed by atoms with Gasteiger partial charge in [0.1, 0.15) is 23.9 Å². The van der Waals surface area contributed by atoms with Crippen LogP contribution in [0.2, 0.25) is 0 Å². The predicted octanol–water partition coefficient (Wildman–Crippen LogP) is 4.95. The van der Waals surface area contributed by atoms with E-state index in [2.05, 4.69) is 10.6 Å². The number of nitrogens with zero attached hydrogens (tertiary/aromatic N) is 1. The molecule has 14 nitrogen and oxygen atoms in total. The Kier molecular flexibility index (Phi) is 17.4. The van der Waals surface area contributed by atoms with Gasteiger partial charge in [-0.25, -0.2) is 4.79 Å². The molecule has 0 aliphatic carbocycles. The molecule has 55 heavy (non-hydrogen) atoms. The van der Waals surface area contributed by atoms with Gasteiger partial charge >= 0.3 is 11.9 Å². The minimum Gasteiger partial charge on any atom is -0.493 e. The van der Waals surface area contributed by atoms with Crippen LogP contribution in [0.25, 0.3) is 0 Å². The number of carbonyl (C=O) groups is 6. The average molecular weight is 768 g/mol. The first kappa shape index (κ1) is 44.3. The quantitative estimate of drug-likeness (QED) is 0.0836. The van der Waals surface area contributed by atoms with E-state index in [1.54, 1.807) is 58.4 Å². The van der Waals surface area contributed by atoms with Crippen LogP contribution in [0, 0.1) is 5.41 Å². The molecule has 0 spiro atoms. The van der Waals surface area contributed by atoms with Gasteiger partial charge in [0, 0.05) is 24.9 Å². The summed E-state index contributed by atoms with van der Waals surface area (Å²) < 4.78 is 22.8. The number of hydrogen-bond acceptors (Lipinski definition) is 10. The van der Waals surface area contributed by atoms with Crippen LogP contribution in [0.5, 0.6) is 17.2 Å². The lowest BCUT2D eigenvalue weighted by atomic mass is 9.84. The molecule has 1 aliphatic rings. The number of methoxy groups -OCH3 is 2. The lowest BCUT2D eigenvalue weighted by Gasteiger charge is -2.36. The van der Waals surface area contributed by atoms with Gasteiger partial charge in [-0.3, -0.25) is 24.0 Å². The SMILES string of the molecule is CCC(C)(C)C(=O)C(=O)N1CCCC[C@H]1C(=O)O[C@H](CCc1ccc(OC)c(OC)c1)c1cccc(OCC(=O)NCCCCCC(=O)N[C@@H](C)C(=O)O)c1. The van der Waals surface area contributed by atoms with Crippen molar-refractivity contribution in [1.82, 2.24) is 15.5 Å². The van der Waals surface area contributed by atoms with Gasteiger partial charge < -0.3 is 39.6 Å². The fourth-order valence-electron chi connectivity index (χ4n) is 6.04. The third kappa shape index (κ3) is 13.6. The third-order valence-electron chi connectivity index (χ3n) is 9.88. The van der Waals surface area contributed by atoms with Crippen LogP contribution in [-0.4, -0.2) is 91.4 Å². The Hall–Kier alpha value is -5.14. The molecule has 0 bridgehead atoms. The maximum absolute atomic E-state index is 13.9. The van der Waals surface area contributed by atoms with Crippen molar-refractivity contribution in [2.45, 2.75) is 110 Å². The summed E-state index contributed by atoms with van der Waals surface area (Å²) in [5, 5.41) is 14.1. The van der Waals surface area contributed by atoms with Crippen molar-refractivity contribution in [1.29, 1.82) is 0 Å². The molecule has 3 atom stereocenters. The smallest absolute Gasteiger partial charge is 0.329 e. The number of likely N-dealkylation sites (tertiary alicyclic amines) is 1. The standard InChI is InChI=1S/C41H57N3O11/c1-7-41(3,4)37(47)38(48)44-23-12-10-16-31(44)40(51)55-32(20-18-28-19-21-33(52-5)34(24-28)53-6)29-14-13-15-30(25-29)54-26-36(46)42-22-11-8-9-17-35(45)43-27(2)39(49)50/h13-15,19,21,24-25,27,31-32H,7-12,16-18,20,22-23,26H2,1-6H3,(H,42,46)(H,43,45)(H,49,50)/t27-,31-,32+/m0/s1. The normalized spacial score (nSPS) is 15.2. The van der Waals surface area contributed by atoms with Crippen molar-refractivity contribution >= 4 is 35.4 Å². The lowest BCUT2D eigenvalue weighted by Crippen LogP contribution is -2.53. The van der Waals surface area contributed by atoms with Gasteiger partial charge in [0.05, 0.1) is 14.2 Å². The van der Waals surface area contributed by atoms with E-state index in [-0.39, 0.29) is 31.4 Å². The number of benzene rings is 2. The summed E-state index contributed by atoms with van der Waals surface area (Å²) in [6.45, 7) is 7.13.